The molecule has 4 aromatic rings. The molecule has 1 aliphatic heterocycles. The first kappa shape index (κ1) is 23.8. The van der Waals surface area contributed by atoms with Gasteiger partial charge in [0.15, 0.2) is 11.5 Å². The van der Waals surface area contributed by atoms with Gasteiger partial charge in [0.25, 0.3) is 11.8 Å². The van der Waals surface area contributed by atoms with Crippen LogP contribution in [0.25, 0.3) is 21.8 Å². The third kappa shape index (κ3) is 4.88. The van der Waals surface area contributed by atoms with Crippen molar-refractivity contribution in [2.75, 3.05) is 33.4 Å². The second kappa shape index (κ2) is 10.3. The van der Waals surface area contributed by atoms with Crippen molar-refractivity contribution >= 4 is 27.7 Å². The van der Waals surface area contributed by atoms with Crippen molar-refractivity contribution < 1.29 is 28.3 Å². The molecule has 2 N–H and O–H groups in total. The van der Waals surface area contributed by atoms with Crippen LogP contribution in [0.2, 0.25) is 0 Å². The number of hydrogen-bond acceptors (Lipinski definition) is 8. The number of nitrogens with zero attached hydrogens (tertiary/aromatic N) is 3. The fourth-order valence-electron chi connectivity index (χ4n) is 4.16. The Labute approximate surface area is 206 Å². The summed E-state index contributed by atoms with van der Waals surface area (Å²) >= 11 is 0. The summed E-state index contributed by atoms with van der Waals surface area (Å²) in [5, 5.41) is 2.75. The second-order valence-electron chi connectivity index (χ2n) is 8.39. The maximum absolute atomic E-state index is 14.9. The predicted molar refractivity (Wildman–Crippen MR) is 129 cm³/mol. The van der Waals surface area contributed by atoms with E-state index in [1.165, 1.54) is 19.5 Å². The number of halogens is 1. The Bertz CT molecular complexity index is 1400. The van der Waals surface area contributed by atoms with E-state index in [-0.39, 0.29) is 11.4 Å². The van der Waals surface area contributed by atoms with Crippen molar-refractivity contribution in [1.29, 1.82) is 0 Å². The maximum atomic E-state index is 14.9. The first-order valence-corrected chi connectivity index (χ1v) is 11.6. The summed E-state index contributed by atoms with van der Waals surface area (Å²) in [6.45, 7) is 4.43. The van der Waals surface area contributed by atoms with Crippen LogP contribution in [0.3, 0.4) is 0 Å². The van der Waals surface area contributed by atoms with Crippen LogP contribution < -0.4 is 19.8 Å². The predicted octanol–water partition coefficient (Wildman–Crippen LogP) is 3.70. The molecule has 11 heteroatoms. The van der Waals surface area contributed by atoms with Crippen LogP contribution in [0.15, 0.2) is 36.7 Å². The van der Waals surface area contributed by atoms with Crippen LogP contribution in [0.4, 0.5) is 4.39 Å². The maximum Gasteiger partial charge on any atom is 0.286 e. The van der Waals surface area contributed by atoms with E-state index in [0.29, 0.717) is 46.5 Å². The number of benzene rings is 2. The van der Waals surface area contributed by atoms with Gasteiger partial charge in [-0.1, -0.05) is 0 Å². The van der Waals surface area contributed by atoms with Crippen molar-refractivity contribution in [1.82, 2.24) is 25.5 Å². The molecule has 0 unspecified atom stereocenters. The van der Waals surface area contributed by atoms with E-state index >= 15 is 0 Å². The average Bonchev–Trinajstić information content (AvgIpc) is 3.54. The largest absolute Gasteiger partial charge is 0.493 e. The lowest BCUT2D eigenvalue weighted by molar-refractivity contribution is -0.148. The summed E-state index contributed by atoms with van der Waals surface area (Å²) in [6, 6.07) is 8.03. The molecule has 36 heavy (non-hydrogen) atoms. The summed E-state index contributed by atoms with van der Waals surface area (Å²) in [4.78, 5) is 35.2. The number of methoxy groups -OCH3 is 1. The third-order valence-corrected chi connectivity index (χ3v) is 5.92. The molecule has 0 bridgehead atoms. The van der Waals surface area contributed by atoms with Gasteiger partial charge in [0.1, 0.15) is 25.4 Å². The van der Waals surface area contributed by atoms with E-state index in [2.05, 4.69) is 20.4 Å². The van der Waals surface area contributed by atoms with Crippen molar-refractivity contribution in [3.05, 3.63) is 53.7 Å². The highest BCUT2D eigenvalue weighted by Gasteiger charge is 2.18. The van der Waals surface area contributed by atoms with Crippen molar-refractivity contribution in [2.45, 2.75) is 19.8 Å². The monoisotopic (exact) mass is 495 g/mol. The number of amides is 1. The number of H-pyrrole nitrogens is 1. The lowest BCUT2D eigenvalue weighted by atomic mass is 10.1. The minimum absolute atomic E-state index is 0.0783. The number of aromatic amines is 1. The Morgan fingerprint density at radius 1 is 1.11 bits per heavy atom. The van der Waals surface area contributed by atoms with Crippen LogP contribution in [-0.2, 0) is 4.84 Å². The van der Waals surface area contributed by atoms with Crippen molar-refractivity contribution in [3.8, 4) is 17.4 Å². The highest BCUT2D eigenvalue weighted by molar-refractivity contribution is 5.98. The van der Waals surface area contributed by atoms with Crippen LogP contribution in [0, 0.1) is 12.7 Å². The number of carbonyl (C=O) groups excluding carboxylic acids is 1. The van der Waals surface area contributed by atoms with E-state index in [0.717, 1.165) is 31.6 Å². The summed E-state index contributed by atoms with van der Waals surface area (Å²) < 4.78 is 26.2. The number of ether oxygens (including phenoxy) is 2. The first-order valence-electron chi connectivity index (χ1n) is 11.6. The number of nitrogens with one attached hydrogen (secondary N) is 2. The quantitative estimate of drug-likeness (QED) is 0.267. The number of hydrogen-bond donors (Lipinski definition) is 2. The van der Waals surface area contributed by atoms with Gasteiger partial charge in [0.05, 0.1) is 23.6 Å². The standard InChI is InChI=1S/C25H26FN5O5/c1-15-11-17-19(29-15)6-5-16(23(17)26)24(32)30-36-25-18-12-21(33-2)22(13-20(18)27-14-28-25)34-9-10-35-31-7-3-4-8-31/h5-6,11-14,29H,3-4,7-10H2,1-2H3,(H,30,32). The van der Waals surface area contributed by atoms with Crippen molar-refractivity contribution in [3.63, 3.8) is 0 Å². The van der Waals surface area contributed by atoms with Gasteiger partial charge in [-0.3, -0.25) is 9.63 Å². The van der Waals surface area contributed by atoms with Crippen LogP contribution in [0.5, 0.6) is 17.4 Å². The van der Waals surface area contributed by atoms with E-state index < -0.39 is 11.7 Å². The van der Waals surface area contributed by atoms with Gasteiger partial charge < -0.3 is 19.3 Å². The highest BCUT2D eigenvalue weighted by Crippen LogP contribution is 2.34. The number of aryl methyl sites for hydroxylation is 1. The minimum atomic E-state index is -0.745. The van der Waals surface area contributed by atoms with Gasteiger partial charge in [0.2, 0.25) is 0 Å². The molecular formula is C25H26FN5O5. The Morgan fingerprint density at radius 3 is 2.75 bits per heavy atom. The van der Waals surface area contributed by atoms with Crippen LogP contribution in [0.1, 0.15) is 28.9 Å². The SMILES string of the molecule is COc1cc2c(ONC(=O)c3ccc4[nH]c(C)cc4c3F)ncnc2cc1OCCON1CCCC1. The molecule has 2 aromatic heterocycles. The minimum Gasteiger partial charge on any atom is -0.493 e. The molecular weight excluding hydrogens is 469 g/mol. The normalized spacial score (nSPS) is 13.9. The van der Waals surface area contributed by atoms with Gasteiger partial charge in [-0.15, -0.1) is 0 Å². The van der Waals surface area contributed by atoms with E-state index in [1.54, 1.807) is 24.3 Å². The molecule has 188 valence electrons. The van der Waals surface area contributed by atoms with Gasteiger partial charge in [-0.25, -0.2) is 9.37 Å². The Hall–Kier alpha value is -3.96. The molecule has 5 rings (SSSR count). The van der Waals surface area contributed by atoms with E-state index in [9.17, 15) is 9.18 Å². The molecule has 1 aliphatic rings. The molecule has 0 saturated carbocycles. The molecule has 1 saturated heterocycles. The lowest BCUT2D eigenvalue weighted by Gasteiger charge is -2.16. The van der Waals surface area contributed by atoms with Crippen LogP contribution in [-0.4, -0.2) is 59.3 Å². The molecule has 0 aliphatic carbocycles. The number of carbonyl (C=O) groups is 1. The number of aromatic nitrogens is 3. The molecule has 0 atom stereocenters. The summed E-state index contributed by atoms with van der Waals surface area (Å²) in [6.07, 6.45) is 3.58. The van der Waals surface area contributed by atoms with Gasteiger partial charge in [0, 0.05) is 35.8 Å². The zero-order valence-corrected chi connectivity index (χ0v) is 20.0. The molecule has 1 fully saturated rings. The molecule has 2 aromatic carbocycles. The summed E-state index contributed by atoms with van der Waals surface area (Å²) in [5.41, 5.74) is 4.04. The lowest BCUT2D eigenvalue weighted by Crippen LogP contribution is -2.28. The highest BCUT2D eigenvalue weighted by atomic mass is 19.1. The Kier molecular flexibility index (Phi) is 6.83. The fourth-order valence-corrected chi connectivity index (χ4v) is 4.16. The van der Waals surface area contributed by atoms with Crippen LogP contribution >= 0.6 is 0 Å². The molecule has 10 nitrogen and oxygen atoms in total. The number of hydroxylamine groups is 3. The fraction of sp³-hybridized carbons (Fsp3) is 0.320. The summed E-state index contributed by atoms with van der Waals surface area (Å²) in [7, 11) is 1.52. The molecule has 0 radical (unpaired) electrons. The van der Waals surface area contributed by atoms with Crippen molar-refractivity contribution in [2.24, 2.45) is 0 Å². The third-order valence-electron chi connectivity index (χ3n) is 5.92. The Balaban J connectivity index is 1.29. The first-order chi connectivity index (χ1) is 17.5. The molecule has 1 amide bonds. The van der Waals surface area contributed by atoms with Gasteiger partial charge >= 0.3 is 0 Å². The number of fused-ring (bicyclic) bond motifs is 2. The average molecular weight is 496 g/mol. The van der Waals surface area contributed by atoms with Gasteiger partial charge in [-0.05, 0) is 44.0 Å². The number of rotatable bonds is 9. The topological polar surface area (TPSA) is 111 Å². The Morgan fingerprint density at radius 2 is 1.94 bits per heavy atom. The zero-order chi connectivity index (χ0) is 25.1. The molecule has 0 spiro atoms. The molecule has 3 heterocycles. The van der Waals surface area contributed by atoms with Gasteiger partial charge in [-0.2, -0.15) is 15.5 Å². The van der Waals surface area contributed by atoms with E-state index in [4.69, 9.17) is 19.1 Å². The van der Waals surface area contributed by atoms with E-state index in [1.807, 2.05) is 12.0 Å². The summed E-state index contributed by atoms with van der Waals surface area (Å²) in [5.74, 6) is -0.378. The smallest absolute Gasteiger partial charge is 0.286 e. The zero-order valence-electron chi connectivity index (χ0n) is 20.0. The second-order valence-corrected chi connectivity index (χ2v) is 8.39.